The third kappa shape index (κ3) is 3.20. The van der Waals surface area contributed by atoms with E-state index in [0.29, 0.717) is 0 Å². The largest absolute Gasteiger partial charge is 0.472 e. The Labute approximate surface area is 90.1 Å². The molecule has 10 heteroatoms. The molecule has 0 bridgehead atoms. The van der Waals surface area contributed by atoms with E-state index < -0.39 is 45.1 Å². The molecular formula is C6H13O9P. The van der Waals surface area contributed by atoms with E-state index in [1.54, 1.807) is 0 Å². The highest BCUT2D eigenvalue weighted by Crippen LogP contribution is 2.41. The van der Waals surface area contributed by atoms with Gasteiger partial charge in [-0.3, -0.25) is 4.52 Å². The topological polar surface area (TPSA) is 157 Å². The maximum absolute atomic E-state index is 10.5. The molecule has 0 amide bonds. The molecule has 1 aliphatic heterocycles. The molecule has 16 heavy (non-hydrogen) atoms. The number of aliphatic hydroxyl groups excluding tert-OH is 4. The smallest absolute Gasteiger partial charge is 0.394 e. The lowest BCUT2D eigenvalue weighted by Crippen LogP contribution is -2.40. The fraction of sp³-hybridized carbons (Fsp3) is 1.00. The molecule has 0 aromatic heterocycles. The van der Waals surface area contributed by atoms with Crippen LogP contribution in [0, 0.1) is 0 Å². The summed E-state index contributed by atoms with van der Waals surface area (Å²) in [7, 11) is -4.88. The first-order valence-electron chi connectivity index (χ1n) is 4.30. The van der Waals surface area contributed by atoms with Crippen LogP contribution in [0.3, 0.4) is 0 Å². The van der Waals surface area contributed by atoms with Crippen LogP contribution in [0.15, 0.2) is 0 Å². The van der Waals surface area contributed by atoms with Crippen molar-refractivity contribution in [3.05, 3.63) is 0 Å². The van der Waals surface area contributed by atoms with Gasteiger partial charge in [0, 0.05) is 0 Å². The summed E-state index contributed by atoms with van der Waals surface area (Å²) in [6.45, 7) is -0.739. The molecule has 5 atom stereocenters. The van der Waals surface area contributed by atoms with E-state index in [9.17, 15) is 14.8 Å². The second kappa shape index (κ2) is 5.05. The minimum atomic E-state index is -4.88. The number of hydrogen-bond acceptors (Lipinski definition) is 7. The summed E-state index contributed by atoms with van der Waals surface area (Å²) >= 11 is 0. The molecule has 9 nitrogen and oxygen atoms in total. The molecule has 0 spiro atoms. The van der Waals surface area contributed by atoms with Gasteiger partial charge in [-0.05, 0) is 0 Å². The zero-order valence-corrected chi connectivity index (χ0v) is 8.84. The standard InChI is InChI=1S/C6H13O9P/c7-1-2(8)5-3(9)4(10)6(14-5)15-16(11,12)13/h2-10H,1H2,(H2,11,12,13)/t2-,3-,4-,5+,6-/m1/s1. The number of hydrogen-bond donors (Lipinski definition) is 6. The van der Waals surface area contributed by atoms with Gasteiger partial charge in [0.25, 0.3) is 0 Å². The SMILES string of the molecule is O=P(O)(O)O[C@H]1O[C@@H]([C@H](O)CO)[C@H](O)[C@H]1O. The highest BCUT2D eigenvalue weighted by atomic mass is 31.2. The Bertz CT molecular complexity index is 277. The Morgan fingerprint density at radius 1 is 1.31 bits per heavy atom. The van der Waals surface area contributed by atoms with Crippen molar-refractivity contribution in [3.8, 4) is 0 Å². The highest BCUT2D eigenvalue weighted by molar-refractivity contribution is 7.46. The maximum Gasteiger partial charge on any atom is 0.472 e. The number of phosphoric acid groups is 1. The van der Waals surface area contributed by atoms with Crippen molar-refractivity contribution >= 4 is 7.82 Å². The summed E-state index contributed by atoms with van der Waals surface area (Å²) in [6.07, 6.45) is -7.97. The van der Waals surface area contributed by atoms with Crippen molar-refractivity contribution in [1.29, 1.82) is 0 Å². The van der Waals surface area contributed by atoms with Gasteiger partial charge in [0.05, 0.1) is 6.61 Å². The number of aliphatic hydroxyl groups is 4. The quantitative estimate of drug-likeness (QED) is 0.288. The predicted molar refractivity (Wildman–Crippen MR) is 46.9 cm³/mol. The first-order valence-corrected chi connectivity index (χ1v) is 5.83. The Morgan fingerprint density at radius 2 is 1.88 bits per heavy atom. The third-order valence-corrected chi connectivity index (χ3v) is 2.55. The maximum atomic E-state index is 10.5. The fourth-order valence-electron chi connectivity index (χ4n) is 1.32. The first-order chi connectivity index (χ1) is 7.26. The Hall–Kier alpha value is -0.0900. The van der Waals surface area contributed by atoms with E-state index in [1.807, 2.05) is 0 Å². The van der Waals surface area contributed by atoms with Gasteiger partial charge < -0.3 is 34.9 Å². The van der Waals surface area contributed by atoms with Crippen LogP contribution in [0.5, 0.6) is 0 Å². The average Bonchev–Trinajstić information content (AvgIpc) is 2.43. The van der Waals surface area contributed by atoms with Crippen molar-refractivity contribution in [2.75, 3.05) is 6.61 Å². The summed E-state index contributed by atoms with van der Waals surface area (Å²) in [6, 6.07) is 0. The normalized spacial score (nSPS) is 37.6. The number of phosphoric ester groups is 1. The van der Waals surface area contributed by atoms with Crippen LogP contribution in [0.4, 0.5) is 0 Å². The van der Waals surface area contributed by atoms with Crippen LogP contribution >= 0.6 is 7.82 Å². The molecule has 0 radical (unpaired) electrons. The summed E-state index contributed by atoms with van der Waals surface area (Å²) < 4.78 is 19.2. The van der Waals surface area contributed by atoms with Gasteiger partial charge in [-0.15, -0.1) is 0 Å². The third-order valence-electron chi connectivity index (χ3n) is 2.06. The molecule has 1 fully saturated rings. The zero-order chi connectivity index (χ0) is 12.5. The van der Waals surface area contributed by atoms with Crippen molar-refractivity contribution in [1.82, 2.24) is 0 Å². The van der Waals surface area contributed by atoms with E-state index in [2.05, 4.69) is 4.52 Å². The van der Waals surface area contributed by atoms with Gasteiger partial charge in [0.15, 0.2) is 6.29 Å². The van der Waals surface area contributed by atoms with Crippen LogP contribution in [0.2, 0.25) is 0 Å². The van der Waals surface area contributed by atoms with Crippen LogP contribution in [0.1, 0.15) is 0 Å². The predicted octanol–water partition coefficient (Wildman–Crippen LogP) is -3.10. The highest BCUT2D eigenvalue weighted by Gasteiger charge is 2.48. The molecule has 6 N–H and O–H groups in total. The van der Waals surface area contributed by atoms with Crippen LogP contribution in [-0.4, -0.2) is 67.5 Å². The fourth-order valence-corrected chi connectivity index (χ4v) is 1.76. The zero-order valence-electron chi connectivity index (χ0n) is 7.95. The average molecular weight is 260 g/mol. The van der Waals surface area contributed by atoms with Crippen molar-refractivity contribution in [2.45, 2.75) is 30.7 Å². The van der Waals surface area contributed by atoms with Gasteiger partial charge in [0.1, 0.15) is 24.4 Å². The number of ether oxygens (including phenoxy) is 1. The molecule has 0 saturated carbocycles. The molecule has 0 unspecified atom stereocenters. The van der Waals surface area contributed by atoms with E-state index >= 15 is 0 Å². The van der Waals surface area contributed by atoms with Crippen LogP contribution in [-0.2, 0) is 13.8 Å². The van der Waals surface area contributed by atoms with E-state index in [0.717, 1.165) is 0 Å². The van der Waals surface area contributed by atoms with Crippen LogP contribution < -0.4 is 0 Å². The molecule has 0 aromatic carbocycles. The van der Waals surface area contributed by atoms with Gasteiger partial charge in [0.2, 0.25) is 0 Å². The van der Waals surface area contributed by atoms with Crippen molar-refractivity contribution in [2.24, 2.45) is 0 Å². The second-order valence-corrected chi connectivity index (χ2v) is 4.49. The van der Waals surface area contributed by atoms with Crippen LogP contribution in [0.25, 0.3) is 0 Å². The van der Waals surface area contributed by atoms with E-state index in [1.165, 1.54) is 0 Å². The first kappa shape index (κ1) is 14.0. The molecule has 0 aliphatic carbocycles. The lowest BCUT2D eigenvalue weighted by atomic mass is 10.1. The summed E-state index contributed by atoms with van der Waals surface area (Å²) in [5.41, 5.74) is 0. The molecular weight excluding hydrogens is 247 g/mol. The lowest BCUT2D eigenvalue weighted by molar-refractivity contribution is -0.144. The Morgan fingerprint density at radius 3 is 2.31 bits per heavy atom. The minimum Gasteiger partial charge on any atom is -0.394 e. The minimum absolute atomic E-state index is 0.739. The molecule has 1 saturated heterocycles. The second-order valence-electron chi connectivity index (χ2n) is 3.30. The van der Waals surface area contributed by atoms with E-state index in [-0.39, 0.29) is 0 Å². The molecule has 0 aromatic rings. The summed E-state index contributed by atoms with van der Waals surface area (Å²) in [5.74, 6) is 0. The van der Waals surface area contributed by atoms with Gasteiger partial charge in [-0.2, -0.15) is 0 Å². The van der Waals surface area contributed by atoms with Gasteiger partial charge >= 0.3 is 7.82 Å². The van der Waals surface area contributed by atoms with E-state index in [4.69, 9.17) is 24.7 Å². The van der Waals surface area contributed by atoms with Crippen molar-refractivity contribution in [3.63, 3.8) is 0 Å². The Balaban J connectivity index is 2.68. The molecule has 1 heterocycles. The monoisotopic (exact) mass is 260 g/mol. The van der Waals surface area contributed by atoms with Gasteiger partial charge in [-0.25, -0.2) is 4.57 Å². The molecule has 1 aliphatic rings. The molecule has 96 valence electrons. The lowest BCUT2D eigenvalue weighted by Gasteiger charge is -2.18. The summed E-state index contributed by atoms with van der Waals surface area (Å²) in [5, 5.41) is 36.4. The van der Waals surface area contributed by atoms with Crippen molar-refractivity contribution < 1.29 is 44.0 Å². The molecule has 1 rings (SSSR count). The van der Waals surface area contributed by atoms with Gasteiger partial charge in [-0.1, -0.05) is 0 Å². The number of rotatable bonds is 4. The summed E-state index contributed by atoms with van der Waals surface area (Å²) in [4.78, 5) is 16.9. The Kier molecular flexibility index (Phi) is 4.41.